The van der Waals surface area contributed by atoms with Crippen LogP contribution in [0.15, 0.2) is 66.3 Å². The van der Waals surface area contributed by atoms with E-state index in [-0.39, 0.29) is 0 Å². The average Bonchev–Trinajstić information content (AvgIpc) is 2.93. The lowest BCUT2D eigenvalue weighted by molar-refractivity contribution is 0.225. The van der Waals surface area contributed by atoms with E-state index in [0.29, 0.717) is 29.1 Å². The predicted molar refractivity (Wildman–Crippen MR) is 115 cm³/mol. The van der Waals surface area contributed by atoms with Crippen LogP contribution in [0.2, 0.25) is 0 Å². The maximum atomic E-state index is 6.26. The van der Waals surface area contributed by atoms with Gasteiger partial charge in [-0.15, -0.1) is 16.8 Å². The molecular formula is C22H22N4O2S. The number of aromatic nitrogens is 3. The van der Waals surface area contributed by atoms with Gasteiger partial charge in [0.1, 0.15) is 5.75 Å². The highest BCUT2D eigenvalue weighted by Crippen LogP contribution is 2.39. The van der Waals surface area contributed by atoms with Crippen molar-refractivity contribution >= 4 is 17.4 Å². The zero-order valence-corrected chi connectivity index (χ0v) is 17.0. The summed E-state index contributed by atoms with van der Waals surface area (Å²) in [5, 5.41) is 12.6. The first kappa shape index (κ1) is 19.3. The second-order valence-electron chi connectivity index (χ2n) is 6.45. The minimum atomic E-state index is -0.411. The van der Waals surface area contributed by atoms with Crippen molar-refractivity contribution in [3.05, 3.63) is 66.7 Å². The Morgan fingerprint density at radius 3 is 2.79 bits per heavy atom. The van der Waals surface area contributed by atoms with Gasteiger partial charge in [-0.05, 0) is 36.8 Å². The van der Waals surface area contributed by atoms with Crippen LogP contribution >= 0.6 is 11.8 Å². The zero-order valence-electron chi connectivity index (χ0n) is 16.2. The van der Waals surface area contributed by atoms with Gasteiger partial charge in [-0.3, -0.25) is 0 Å². The summed E-state index contributed by atoms with van der Waals surface area (Å²) in [5.74, 6) is 2.01. The molecule has 0 spiro atoms. The SMILES string of the molecule is C=CCSc1nnc2c(n1)O[C@H](c1ccc(OCCC)cc1)Nc1ccccc1-2. The van der Waals surface area contributed by atoms with Gasteiger partial charge in [-0.2, -0.15) is 4.98 Å². The van der Waals surface area contributed by atoms with E-state index in [1.807, 2.05) is 54.6 Å². The lowest BCUT2D eigenvalue weighted by Crippen LogP contribution is -2.17. The number of fused-ring (bicyclic) bond motifs is 3. The van der Waals surface area contributed by atoms with Gasteiger partial charge in [0.25, 0.3) is 0 Å². The largest absolute Gasteiger partial charge is 0.494 e. The van der Waals surface area contributed by atoms with Crippen molar-refractivity contribution in [3.8, 4) is 22.9 Å². The number of anilines is 1. The standard InChI is InChI=1S/C22H22N4O2S/c1-3-13-27-16-11-9-15(10-12-16)20-23-18-8-6-5-7-17(18)19-21(28-20)24-22(26-25-19)29-14-4-2/h4-12,20,23H,2-3,13-14H2,1H3/t20-/m1/s1. The summed E-state index contributed by atoms with van der Waals surface area (Å²) in [5.41, 5.74) is 3.43. The lowest BCUT2D eigenvalue weighted by atomic mass is 10.1. The minimum absolute atomic E-state index is 0.411. The molecule has 1 aliphatic heterocycles. The van der Waals surface area contributed by atoms with Crippen LogP contribution < -0.4 is 14.8 Å². The molecule has 7 heteroatoms. The van der Waals surface area contributed by atoms with Gasteiger partial charge in [-0.25, -0.2) is 0 Å². The number of hydrogen-bond acceptors (Lipinski definition) is 7. The van der Waals surface area contributed by atoms with E-state index in [0.717, 1.165) is 29.0 Å². The van der Waals surface area contributed by atoms with Gasteiger partial charge in [-0.1, -0.05) is 43.0 Å². The minimum Gasteiger partial charge on any atom is -0.494 e. The third-order valence-corrected chi connectivity index (χ3v) is 5.15. The van der Waals surface area contributed by atoms with Crippen LogP contribution in [0.1, 0.15) is 25.1 Å². The molecule has 6 nitrogen and oxygen atoms in total. The van der Waals surface area contributed by atoms with E-state index in [1.54, 1.807) is 0 Å². The molecule has 2 aromatic carbocycles. The van der Waals surface area contributed by atoms with E-state index < -0.39 is 6.23 Å². The van der Waals surface area contributed by atoms with Crippen molar-refractivity contribution in [1.29, 1.82) is 0 Å². The summed E-state index contributed by atoms with van der Waals surface area (Å²) >= 11 is 1.47. The molecule has 4 rings (SSSR count). The molecule has 148 valence electrons. The van der Waals surface area contributed by atoms with Crippen LogP contribution in [0.5, 0.6) is 11.6 Å². The van der Waals surface area contributed by atoms with Gasteiger partial charge < -0.3 is 14.8 Å². The summed E-state index contributed by atoms with van der Waals surface area (Å²) in [6.45, 7) is 6.52. The molecule has 0 radical (unpaired) electrons. The number of nitrogens with zero attached hydrogens (tertiary/aromatic N) is 3. The van der Waals surface area contributed by atoms with Crippen LogP contribution in [0.25, 0.3) is 11.3 Å². The van der Waals surface area contributed by atoms with E-state index in [1.165, 1.54) is 11.8 Å². The first-order valence-electron chi connectivity index (χ1n) is 9.52. The highest BCUT2D eigenvalue weighted by atomic mass is 32.2. The lowest BCUT2D eigenvalue weighted by Gasteiger charge is -2.19. The Morgan fingerprint density at radius 2 is 2.00 bits per heavy atom. The second kappa shape index (κ2) is 8.96. The van der Waals surface area contributed by atoms with Crippen LogP contribution in [0, 0.1) is 0 Å². The average molecular weight is 407 g/mol. The van der Waals surface area contributed by atoms with Crippen LogP contribution in [0.4, 0.5) is 5.69 Å². The molecule has 0 saturated carbocycles. The van der Waals surface area contributed by atoms with E-state index in [9.17, 15) is 0 Å². The molecule has 0 amide bonds. The molecule has 29 heavy (non-hydrogen) atoms. The van der Waals surface area contributed by atoms with Crippen LogP contribution in [-0.2, 0) is 0 Å². The highest BCUT2D eigenvalue weighted by molar-refractivity contribution is 7.99. The maximum absolute atomic E-state index is 6.26. The molecule has 1 aliphatic rings. The fourth-order valence-electron chi connectivity index (χ4n) is 2.95. The third-order valence-electron chi connectivity index (χ3n) is 4.32. The number of hydrogen-bond donors (Lipinski definition) is 1. The quantitative estimate of drug-likeness (QED) is 0.432. The Balaban J connectivity index is 1.68. The van der Waals surface area contributed by atoms with Crippen molar-refractivity contribution < 1.29 is 9.47 Å². The molecule has 1 N–H and O–H groups in total. The second-order valence-corrected chi connectivity index (χ2v) is 7.44. The summed E-state index contributed by atoms with van der Waals surface area (Å²) < 4.78 is 11.9. The molecule has 1 aromatic heterocycles. The molecule has 1 atom stereocenters. The first-order valence-corrected chi connectivity index (χ1v) is 10.5. The van der Waals surface area contributed by atoms with E-state index >= 15 is 0 Å². The fraction of sp³-hybridized carbons (Fsp3) is 0.227. The van der Waals surface area contributed by atoms with Crippen molar-refractivity contribution in [2.75, 3.05) is 17.7 Å². The molecule has 0 bridgehead atoms. The maximum Gasteiger partial charge on any atom is 0.247 e. The first-order chi connectivity index (χ1) is 14.3. The normalized spacial score (nSPS) is 14.6. The summed E-state index contributed by atoms with van der Waals surface area (Å²) in [6, 6.07) is 15.8. The number of para-hydroxylation sites is 1. The van der Waals surface area contributed by atoms with Crippen molar-refractivity contribution in [2.45, 2.75) is 24.7 Å². The van der Waals surface area contributed by atoms with Crippen molar-refractivity contribution in [1.82, 2.24) is 15.2 Å². The summed E-state index contributed by atoms with van der Waals surface area (Å²) in [4.78, 5) is 4.60. The molecule has 0 saturated heterocycles. The third kappa shape index (κ3) is 4.35. The Hall–Kier alpha value is -3.06. The Morgan fingerprint density at radius 1 is 1.17 bits per heavy atom. The number of benzene rings is 2. The monoisotopic (exact) mass is 406 g/mol. The summed E-state index contributed by atoms with van der Waals surface area (Å²) in [7, 11) is 0. The van der Waals surface area contributed by atoms with Crippen molar-refractivity contribution in [2.24, 2.45) is 0 Å². The van der Waals surface area contributed by atoms with Gasteiger partial charge in [0.05, 0.1) is 6.61 Å². The number of nitrogens with one attached hydrogen (secondary N) is 1. The zero-order chi connectivity index (χ0) is 20.1. The van der Waals surface area contributed by atoms with Crippen molar-refractivity contribution in [3.63, 3.8) is 0 Å². The van der Waals surface area contributed by atoms with Gasteiger partial charge >= 0.3 is 0 Å². The molecule has 0 unspecified atom stereocenters. The van der Waals surface area contributed by atoms with Gasteiger partial charge in [0, 0.05) is 22.6 Å². The topological polar surface area (TPSA) is 69.2 Å². The van der Waals surface area contributed by atoms with Crippen LogP contribution in [-0.4, -0.2) is 27.5 Å². The van der Waals surface area contributed by atoms with Crippen LogP contribution in [0.3, 0.4) is 0 Å². The predicted octanol–water partition coefficient (Wildman–Crippen LogP) is 5.11. The highest BCUT2D eigenvalue weighted by Gasteiger charge is 2.26. The Bertz CT molecular complexity index is 994. The molecular weight excluding hydrogens is 384 g/mol. The fourth-order valence-corrected chi connectivity index (χ4v) is 3.46. The number of thioether (sulfide) groups is 1. The molecule has 2 heterocycles. The van der Waals surface area contributed by atoms with E-state index in [2.05, 4.69) is 34.0 Å². The smallest absolute Gasteiger partial charge is 0.247 e. The molecule has 0 aliphatic carbocycles. The van der Waals surface area contributed by atoms with Gasteiger partial charge in [0.15, 0.2) is 11.9 Å². The number of rotatable bonds is 7. The molecule has 0 fully saturated rings. The molecule has 3 aromatic rings. The Kier molecular flexibility index (Phi) is 5.95. The van der Waals surface area contributed by atoms with Gasteiger partial charge in [0.2, 0.25) is 11.0 Å². The number of ether oxygens (including phenoxy) is 2. The summed E-state index contributed by atoms with van der Waals surface area (Å²) in [6.07, 6.45) is 2.37. The van der Waals surface area contributed by atoms with E-state index in [4.69, 9.17) is 9.47 Å². The Labute approximate surface area is 174 Å².